The monoisotopic (exact) mass is 212 g/mol. The van der Waals surface area contributed by atoms with Gasteiger partial charge in [0, 0.05) is 16.3 Å². The fourth-order valence-electron chi connectivity index (χ4n) is 1.23. The summed E-state index contributed by atoms with van der Waals surface area (Å²) in [5.41, 5.74) is 5.54. The summed E-state index contributed by atoms with van der Waals surface area (Å²) in [6.07, 6.45) is 1.14. The second-order valence-corrected chi connectivity index (χ2v) is 4.95. The van der Waals surface area contributed by atoms with E-state index < -0.39 is 0 Å². The molecule has 1 aromatic rings. The van der Waals surface area contributed by atoms with Gasteiger partial charge in [-0.3, -0.25) is 0 Å². The highest BCUT2D eigenvalue weighted by Gasteiger charge is 2.00. The second kappa shape index (κ2) is 6.17. The summed E-state index contributed by atoms with van der Waals surface area (Å²) in [4.78, 5) is 2.89. The molecule has 1 heterocycles. The van der Waals surface area contributed by atoms with Crippen LogP contribution in [0.1, 0.15) is 23.6 Å². The Morgan fingerprint density at radius 1 is 1.43 bits per heavy atom. The molecule has 0 radical (unpaired) electrons. The molecule has 0 spiro atoms. The van der Waals surface area contributed by atoms with E-state index in [1.54, 1.807) is 0 Å². The molecule has 0 aliphatic rings. The maximum Gasteiger partial charge on any atom is 0.0299 e. The standard InChI is InChI=1S/C11H20N2S/c1-3-10-4-5-11(14-10)8-13-7-9(2)6-12/h4-5,9,13H,3,6-8,12H2,1-2H3. The minimum Gasteiger partial charge on any atom is -0.330 e. The second-order valence-electron chi connectivity index (χ2n) is 3.69. The molecule has 0 aromatic carbocycles. The lowest BCUT2D eigenvalue weighted by Gasteiger charge is -2.08. The average Bonchev–Trinajstić information content (AvgIpc) is 2.65. The first-order valence-electron chi connectivity index (χ1n) is 5.24. The lowest BCUT2D eigenvalue weighted by atomic mass is 10.2. The van der Waals surface area contributed by atoms with Crippen molar-refractivity contribution in [3.8, 4) is 0 Å². The third-order valence-electron chi connectivity index (χ3n) is 2.26. The van der Waals surface area contributed by atoms with Crippen molar-refractivity contribution in [2.24, 2.45) is 11.7 Å². The van der Waals surface area contributed by atoms with Crippen molar-refractivity contribution in [2.75, 3.05) is 13.1 Å². The maximum absolute atomic E-state index is 5.54. The molecule has 1 atom stereocenters. The van der Waals surface area contributed by atoms with Crippen LogP contribution in [0, 0.1) is 5.92 Å². The van der Waals surface area contributed by atoms with E-state index in [4.69, 9.17) is 5.73 Å². The Bertz CT molecular complexity index is 258. The summed E-state index contributed by atoms with van der Waals surface area (Å²) in [6.45, 7) is 7.11. The number of nitrogens with one attached hydrogen (secondary N) is 1. The molecule has 1 aromatic heterocycles. The van der Waals surface area contributed by atoms with Gasteiger partial charge in [0.1, 0.15) is 0 Å². The van der Waals surface area contributed by atoms with Gasteiger partial charge in [0.05, 0.1) is 0 Å². The molecule has 1 rings (SSSR count). The number of nitrogens with two attached hydrogens (primary N) is 1. The Labute approximate surface area is 90.5 Å². The Kier molecular flexibility index (Phi) is 5.15. The summed E-state index contributed by atoms with van der Waals surface area (Å²) < 4.78 is 0. The number of rotatable bonds is 6. The van der Waals surface area contributed by atoms with Crippen LogP contribution in [0.4, 0.5) is 0 Å². The molecule has 0 saturated carbocycles. The van der Waals surface area contributed by atoms with E-state index in [9.17, 15) is 0 Å². The predicted molar refractivity (Wildman–Crippen MR) is 63.6 cm³/mol. The van der Waals surface area contributed by atoms with Crippen molar-refractivity contribution in [3.63, 3.8) is 0 Å². The van der Waals surface area contributed by atoms with Gasteiger partial charge in [0.15, 0.2) is 0 Å². The van der Waals surface area contributed by atoms with E-state index >= 15 is 0 Å². The van der Waals surface area contributed by atoms with Gasteiger partial charge in [0.2, 0.25) is 0 Å². The molecule has 80 valence electrons. The van der Waals surface area contributed by atoms with Crippen LogP contribution in [0.25, 0.3) is 0 Å². The van der Waals surface area contributed by atoms with Crippen LogP contribution >= 0.6 is 11.3 Å². The van der Waals surface area contributed by atoms with Crippen molar-refractivity contribution < 1.29 is 0 Å². The van der Waals surface area contributed by atoms with Gasteiger partial charge in [-0.2, -0.15) is 0 Å². The Balaban J connectivity index is 2.24. The summed E-state index contributed by atoms with van der Waals surface area (Å²) in [6, 6.07) is 4.43. The average molecular weight is 212 g/mol. The molecule has 0 aliphatic carbocycles. The summed E-state index contributed by atoms with van der Waals surface area (Å²) in [5, 5.41) is 3.42. The lowest BCUT2D eigenvalue weighted by molar-refractivity contribution is 0.524. The third-order valence-corrected chi connectivity index (χ3v) is 3.49. The number of aryl methyl sites for hydroxylation is 1. The first-order chi connectivity index (χ1) is 6.76. The van der Waals surface area contributed by atoms with Crippen molar-refractivity contribution in [2.45, 2.75) is 26.8 Å². The van der Waals surface area contributed by atoms with E-state index in [1.807, 2.05) is 11.3 Å². The first-order valence-corrected chi connectivity index (χ1v) is 6.06. The molecular weight excluding hydrogens is 192 g/mol. The zero-order valence-corrected chi connectivity index (χ0v) is 9.86. The molecule has 1 unspecified atom stereocenters. The highest BCUT2D eigenvalue weighted by molar-refractivity contribution is 7.11. The van der Waals surface area contributed by atoms with Crippen LogP contribution in [0.2, 0.25) is 0 Å². The summed E-state index contributed by atoms with van der Waals surface area (Å²) in [5.74, 6) is 0.570. The first kappa shape index (κ1) is 11.7. The SMILES string of the molecule is CCc1ccc(CNCC(C)CN)s1. The molecular formula is C11H20N2S. The van der Waals surface area contributed by atoms with E-state index in [1.165, 1.54) is 9.75 Å². The molecule has 0 amide bonds. The number of hydrogen-bond donors (Lipinski definition) is 2. The number of hydrogen-bond acceptors (Lipinski definition) is 3. The van der Waals surface area contributed by atoms with Gasteiger partial charge in [-0.1, -0.05) is 13.8 Å². The van der Waals surface area contributed by atoms with Gasteiger partial charge in [-0.05, 0) is 37.6 Å². The molecule has 3 N–H and O–H groups in total. The quantitative estimate of drug-likeness (QED) is 0.757. The predicted octanol–water partition coefficient (Wildman–Crippen LogP) is 1.99. The minimum atomic E-state index is 0.570. The molecule has 0 fully saturated rings. The van der Waals surface area contributed by atoms with Gasteiger partial charge < -0.3 is 11.1 Å². The van der Waals surface area contributed by atoms with Gasteiger partial charge in [-0.15, -0.1) is 11.3 Å². The fraction of sp³-hybridized carbons (Fsp3) is 0.636. The maximum atomic E-state index is 5.54. The van der Waals surface area contributed by atoms with Crippen molar-refractivity contribution in [3.05, 3.63) is 21.9 Å². The van der Waals surface area contributed by atoms with Crippen LogP contribution in [-0.4, -0.2) is 13.1 Å². The normalized spacial score (nSPS) is 13.1. The van der Waals surface area contributed by atoms with E-state index in [2.05, 4.69) is 31.3 Å². The molecule has 3 heteroatoms. The Morgan fingerprint density at radius 2 is 2.14 bits per heavy atom. The van der Waals surface area contributed by atoms with Crippen LogP contribution in [-0.2, 0) is 13.0 Å². The van der Waals surface area contributed by atoms with Crippen molar-refractivity contribution in [1.82, 2.24) is 5.32 Å². The highest BCUT2D eigenvalue weighted by atomic mass is 32.1. The molecule has 0 bridgehead atoms. The van der Waals surface area contributed by atoms with Crippen LogP contribution in [0.5, 0.6) is 0 Å². The van der Waals surface area contributed by atoms with Crippen LogP contribution in [0.15, 0.2) is 12.1 Å². The zero-order chi connectivity index (χ0) is 10.4. The van der Waals surface area contributed by atoms with Crippen molar-refractivity contribution >= 4 is 11.3 Å². The Morgan fingerprint density at radius 3 is 2.71 bits per heavy atom. The zero-order valence-electron chi connectivity index (χ0n) is 9.05. The van der Waals surface area contributed by atoms with E-state index in [0.717, 1.165) is 26.1 Å². The third kappa shape index (κ3) is 3.78. The smallest absolute Gasteiger partial charge is 0.0299 e. The van der Waals surface area contributed by atoms with Crippen LogP contribution < -0.4 is 11.1 Å². The molecule has 0 saturated heterocycles. The van der Waals surface area contributed by atoms with Gasteiger partial charge >= 0.3 is 0 Å². The topological polar surface area (TPSA) is 38.0 Å². The largest absolute Gasteiger partial charge is 0.330 e. The molecule has 2 nitrogen and oxygen atoms in total. The molecule has 0 aliphatic heterocycles. The van der Waals surface area contributed by atoms with E-state index in [-0.39, 0.29) is 0 Å². The van der Waals surface area contributed by atoms with Gasteiger partial charge in [-0.25, -0.2) is 0 Å². The van der Waals surface area contributed by atoms with Gasteiger partial charge in [0.25, 0.3) is 0 Å². The highest BCUT2D eigenvalue weighted by Crippen LogP contribution is 2.16. The summed E-state index contributed by atoms with van der Waals surface area (Å²) >= 11 is 1.90. The molecule has 14 heavy (non-hydrogen) atoms. The van der Waals surface area contributed by atoms with Crippen LogP contribution in [0.3, 0.4) is 0 Å². The lowest BCUT2D eigenvalue weighted by Crippen LogP contribution is -2.25. The van der Waals surface area contributed by atoms with E-state index in [0.29, 0.717) is 5.92 Å². The van der Waals surface area contributed by atoms with Crippen molar-refractivity contribution in [1.29, 1.82) is 0 Å². The Hall–Kier alpha value is -0.380. The summed E-state index contributed by atoms with van der Waals surface area (Å²) in [7, 11) is 0. The minimum absolute atomic E-state index is 0.570. The fourth-order valence-corrected chi connectivity index (χ4v) is 2.16. The number of thiophene rings is 1.